The predicted octanol–water partition coefficient (Wildman–Crippen LogP) is 2.67. The van der Waals surface area contributed by atoms with E-state index < -0.39 is 10.0 Å². The van der Waals surface area contributed by atoms with Gasteiger partial charge < -0.3 is 5.11 Å². The van der Waals surface area contributed by atoms with Gasteiger partial charge in [-0.05, 0) is 42.9 Å². The third-order valence-corrected chi connectivity index (χ3v) is 6.22. The molecule has 1 atom stereocenters. The first kappa shape index (κ1) is 18.0. The highest BCUT2D eigenvalue weighted by Gasteiger charge is 2.22. The summed E-state index contributed by atoms with van der Waals surface area (Å²) in [5.74, 6) is 0.732. The van der Waals surface area contributed by atoms with E-state index in [4.69, 9.17) is 0 Å². The summed E-state index contributed by atoms with van der Waals surface area (Å²) < 4.78 is 28.4. The Hall–Kier alpha value is -0.0800. The van der Waals surface area contributed by atoms with Gasteiger partial charge in [-0.3, -0.25) is 0 Å². The number of sulfonamides is 1. The number of aliphatic hydroxyl groups is 1. The molecule has 0 spiro atoms. The lowest BCUT2D eigenvalue weighted by Gasteiger charge is -2.18. The standard InChI is InChI=1S/C13H20BrNO3S2/c1-4-11(8-19-3)15-20(17,18)13-6-10(7-16)5-12(14)9(13)2/h5-6,11,15-16H,4,7-8H2,1-3H3. The van der Waals surface area contributed by atoms with Crippen LogP contribution in [0.25, 0.3) is 0 Å². The number of rotatable bonds is 7. The minimum absolute atomic E-state index is 0.0917. The summed E-state index contributed by atoms with van der Waals surface area (Å²) in [6.45, 7) is 3.51. The topological polar surface area (TPSA) is 66.4 Å². The second-order valence-corrected chi connectivity index (χ2v) is 7.99. The molecule has 0 aliphatic rings. The Bertz CT molecular complexity index is 561. The fourth-order valence-electron chi connectivity index (χ4n) is 1.80. The van der Waals surface area contributed by atoms with Crippen molar-refractivity contribution in [2.45, 2.75) is 37.8 Å². The molecule has 0 saturated carbocycles. The van der Waals surface area contributed by atoms with E-state index in [0.717, 1.165) is 12.2 Å². The van der Waals surface area contributed by atoms with Crippen LogP contribution in [0.3, 0.4) is 0 Å². The molecule has 0 radical (unpaired) electrons. The van der Waals surface area contributed by atoms with Gasteiger partial charge >= 0.3 is 0 Å². The number of benzene rings is 1. The summed E-state index contributed by atoms with van der Waals surface area (Å²) in [5.41, 5.74) is 1.22. The van der Waals surface area contributed by atoms with E-state index in [2.05, 4.69) is 20.7 Å². The summed E-state index contributed by atoms with van der Waals surface area (Å²) in [7, 11) is -3.58. The Balaban J connectivity index is 3.18. The highest BCUT2D eigenvalue weighted by molar-refractivity contribution is 9.10. The van der Waals surface area contributed by atoms with Crippen molar-refractivity contribution in [2.24, 2.45) is 0 Å². The molecular formula is C13H20BrNO3S2. The van der Waals surface area contributed by atoms with E-state index >= 15 is 0 Å². The van der Waals surface area contributed by atoms with Crippen LogP contribution in [-0.2, 0) is 16.6 Å². The van der Waals surface area contributed by atoms with Gasteiger partial charge in [-0.15, -0.1) is 0 Å². The molecular weight excluding hydrogens is 362 g/mol. The SMILES string of the molecule is CCC(CSC)NS(=O)(=O)c1cc(CO)cc(Br)c1C. The normalized spacial score (nSPS) is 13.4. The number of hydrogen-bond donors (Lipinski definition) is 2. The lowest BCUT2D eigenvalue weighted by molar-refractivity contribution is 0.281. The molecule has 1 aromatic rings. The van der Waals surface area contributed by atoms with Gasteiger partial charge in [-0.25, -0.2) is 13.1 Å². The quantitative estimate of drug-likeness (QED) is 0.761. The maximum absolute atomic E-state index is 12.5. The lowest BCUT2D eigenvalue weighted by atomic mass is 10.2. The van der Waals surface area contributed by atoms with Crippen LogP contribution in [-0.4, -0.2) is 31.6 Å². The largest absolute Gasteiger partial charge is 0.392 e. The van der Waals surface area contributed by atoms with E-state index in [9.17, 15) is 13.5 Å². The van der Waals surface area contributed by atoms with E-state index in [-0.39, 0.29) is 17.5 Å². The molecule has 2 N–H and O–H groups in total. The van der Waals surface area contributed by atoms with Crippen molar-refractivity contribution in [1.82, 2.24) is 4.72 Å². The Kier molecular flexibility index (Phi) is 7.00. The fourth-order valence-corrected chi connectivity index (χ4v) is 4.90. The average Bonchev–Trinajstić information content (AvgIpc) is 2.40. The zero-order valence-corrected chi connectivity index (χ0v) is 15.0. The first-order valence-electron chi connectivity index (χ1n) is 6.26. The van der Waals surface area contributed by atoms with Crippen LogP contribution in [0.2, 0.25) is 0 Å². The van der Waals surface area contributed by atoms with E-state index in [1.54, 1.807) is 24.8 Å². The van der Waals surface area contributed by atoms with Crippen molar-refractivity contribution < 1.29 is 13.5 Å². The van der Waals surface area contributed by atoms with Crippen molar-refractivity contribution in [3.8, 4) is 0 Å². The van der Waals surface area contributed by atoms with Crippen molar-refractivity contribution in [3.05, 3.63) is 27.7 Å². The molecule has 1 aromatic carbocycles. The van der Waals surface area contributed by atoms with Crippen molar-refractivity contribution in [1.29, 1.82) is 0 Å². The van der Waals surface area contributed by atoms with E-state index in [1.165, 1.54) is 6.07 Å². The predicted molar refractivity (Wildman–Crippen MR) is 87.6 cm³/mol. The molecule has 0 fully saturated rings. The first-order chi connectivity index (χ1) is 9.35. The van der Waals surface area contributed by atoms with Gasteiger partial charge in [0.1, 0.15) is 0 Å². The van der Waals surface area contributed by atoms with Crippen LogP contribution in [0.1, 0.15) is 24.5 Å². The molecule has 0 aromatic heterocycles. The molecule has 0 bridgehead atoms. The maximum atomic E-state index is 12.5. The van der Waals surface area contributed by atoms with Gasteiger partial charge in [0.15, 0.2) is 0 Å². The number of halogens is 1. The highest BCUT2D eigenvalue weighted by atomic mass is 79.9. The molecule has 0 saturated heterocycles. The fraction of sp³-hybridized carbons (Fsp3) is 0.538. The smallest absolute Gasteiger partial charge is 0.241 e. The third kappa shape index (κ3) is 4.46. The van der Waals surface area contributed by atoms with E-state index in [1.807, 2.05) is 13.2 Å². The molecule has 20 heavy (non-hydrogen) atoms. The Labute approximate surface area is 133 Å². The van der Waals surface area contributed by atoms with Crippen LogP contribution in [0.4, 0.5) is 0 Å². The molecule has 7 heteroatoms. The van der Waals surface area contributed by atoms with Gasteiger partial charge in [-0.1, -0.05) is 22.9 Å². The Morgan fingerprint density at radius 1 is 1.45 bits per heavy atom. The van der Waals surface area contributed by atoms with Crippen LogP contribution in [0.15, 0.2) is 21.5 Å². The monoisotopic (exact) mass is 381 g/mol. The highest BCUT2D eigenvalue weighted by Crippen LogP contribution is 2.26. The van der Waals surface area contributed by atoms with Crippen LogP contribution in [0.5, 0.6) is 0 Å². The maximum Gasteiger partial charge on any atom is 0.241 e. The second kappa shape index (κ2) is 7.79. The number of hydrogen-bond acceptors (Lipinski definition) is 4. The number of nitrogens with one attached hydrogen (secondary N) is 1. The van der Waals surface area contributed by atoms with Gasteiger partial charge in [0.05, 0.1) is 11.5 Å². The average molecular weight is 382 g/mol. The second-order valence-electron chi connectivity index (χ2n) is 4.54. The van der Waals surface area contributed by atoms with Crippen LogP contribution >= 0.6 is 27.7 Å². The summed E-state index contributed by atoms with van der Waals surface area (Å²) in [6, 6.07) is 3.16. The Morgan fingerprint density at radius 3 is 2.60 bits per heavy atom. The molecule has 1 rings (SSSR count). The minimum Gasteiger partial charge on any atom is -0.392 e. The summed E-state index contributed by atoms with van der Waals surface area (Å²) in [4.78, 5) is 0.218. The first-order valence-corrected chi connectivity index (χ1v) is 9.93. The van der Waals surface area contributed by atoms with Gasteiger partial charge in [0, 0.05) is 16.3 Å². The van der Waals surface area contributed by atoms with Crippen molar-refractivity contribution in [2.75, 3.05) is 12.0 Å². The molecule has 114 valence electrons. The summed E-state index contributed by atoms with van der Waals surface area (Å²) in [5, 5.41) is 9.22. The Morgan fingerprint density at radius 2 is 2.10 bits per heavy atom. The zero-order valence-electron chi connectivity index (χ0n) is 11.8. The number of thioether (sulfide) groups is 1. The zero-order chi connectivity index (χ0) is 15.3. The molecule has 0 amide bonds. The molecule has 0 aliphatic heterocycles. The lowest BCUT2D eigenvalue weighted by Crippen LogP contribution is -2.36. The molecule has 0 heterocycles. The third-order valence-electron chi connectivity index (χ3n) is 3.01. The van der Waals surface area contributed by atoms with Crippen LogP contribution < -0.4 is 4.72 Å². The van der Waals surface area contributed by atoms with Crippen LogP contribution in [0, 0.1) is 6.92 Å². The van der Waals surface area contributed by atoms with Crippen molar-refractivity contribution in [3.63, 3.8) is 0 Å². The van der Waals surface area contributed by atoms with Gasteiger partial charge in [0.2, 0.25) is 10.0 Å². The minimum atomic E-state index is -3.58. The molecule has 1 unspecified atom stereocenters. The molecule has 4 nitrogen and oxygen atoms in total. The molecule has 0 aliphatic carbocycles. The summed E-state index contributed by atoms with van der Waals surface area (Å²) in [6.07, 6.45) is 2.69. The van der Waals surface area contributed by atoms with Gasteiger partial charge in [0.25, 0.3) is 0 Å². The number of aliphatic hydroxyl groups excluding tert-OH is 1. The van der Waals surface area contributed by atoms with E-state index in [0.29, 0.717) is 15.6 Å². The van der Waals surface area contributed by atoms with Crippen molar-refractivity contribution >= 4 is 37.7 Å². The van der Waals surface area contributed by atoms with Gasteiger partial charge in [-0.2, -0.15) is 11.8 Å². The summed E-state index contributed by atoms with van der Waals surface area (Å²) >= 11 is 4.95.